The van der Waals surface area contributed by atoms with Gasteiger partial charge in [0, 0.05) is 31.6 Å². The van der Waals surface area contributed by atoms with Crippen molar-refractivity contribution >= 4 is 23.6 Å². The molecule has 1 aliphatic heterocycles. The van der Waals surface area contributed by atoms with Gasteiger partial charge in [0.15, 0.2) is 0 Å². The van der Waals surface area contributed by atoms with Gasteiger partial charge in [-0.3, -0.25) is 9.59 Å². The van der Waals surface area contributed by atoms with Gasteiger partial charge >= 0.3 is 0 Å². The average molecular weight is 469 g/mol. The van der Waals surface area contributed by atoms with E-state index in [2.05, 4.69) is 10.0 Å². The summed E-state index contributed by atoms with van der Waals surface area (Å²) in [6.07, 6.45) is 4.56. The lowest BCUT2D eigenvalue weighted by Crippen LogP contribution is -2.45. The van der Waals surface area contributed by atoms with Gasteiger partial charge in [-0.15, -0.1) is 0 Å². The standard InChI is InChI=1S/C22H26F2N2O3S.C2H6.H2/c1-12(27)13-2-4-17(6-13)25-22(28)21-20(11-30-26-21)14-3-5-18(7-14)29-19-9-15(23)8-16(24)10-19;1-2;/h8-11,13-14,17-18,21,26H,2-7H2,1H3,(H,25,28);1-2H3;1H. The Kier molecular flexibility index (Phi) is 8.71. The lowest BCUT2D eigenvalue weighted by Gasteiger charge is -2.22. The van der Waals surface area contributed by atoms with Crippen molar-refractivity contribution in [3.8, 4) is 5.75 Å². The molecule has 8 heteroatoms. The molecule has 0 saturated heterocycles. The van der Waals surface area contributed by atoms with Crippen LogP contribution >= 0.6 is 11.9 Å². The van der Waals surface area contributed by atoms with Crippen molar-refractivity contribution in [3.63, 3.8) is 0 Å². The number of benzene rings is 1. The van der Waals surface area contributed by atoms with Gasteiger partial charge in [0.25, 0.3) is 0 Å². The molecular formula is C24H34F2N2O3S. The summed E-state index contributed by atoms with van der Waals surface area (Å²) >= 11 is 1.41. The Labute approximate surface area is 194 Å². The molecule has 5 nitrogen and oxygen atoms in total. The number of halogens is 2. The summed E-state index contributed by atoms with van der Waals surface area (Å²) in [6, 6.07) is 2.84. The quantitative estimate of drug-likeness (QED) is 0.565. The van der Waals surface area contributed by atoms with Crippen LogP contribution in [-0.4, -0.2) is 29.9 Å². The Bertz CT molecular complexity index is 850. The zero-order valence-electron chi connectivity index (χ0n) is 18.8. The Hall–Kier alpha value is -1.93. The molecule has 1 amide bonds. The number of Topliss-reactive ketones (excluding diaryl/α,β-unsaturated/α-hetero) is 1. The maximum Gasteiger partial charge on any atom is 0.242 e. The van der Waals surface area contributed by atoms with Crippen LogP contribution < -0.4 is 14.8 Å². The van der Waals surface area contributed by atoms with E-state index in [9.17, 15) is 18.4 Å². The molecule has 0 bridgehead atoms. The summed E-state index contributed by atoms with van der Waals surface area (Å²) in [7, 11) is 0. The third-order valence-electron chi connectivity index (χ3n) is 6.33. The Morgan fingerprint density at radius 1 is 1.09 bits per heavy atom. The molecule has 2 fully saturated rings. The summed E-state index contributed by atoms with van der Waals surface area (Å²) in [5.41, 5.74) is 1.04. The number of hydrogen-bond acceptors (Lipinski definition) is 5. The van der Waals surface area contributed by atoms with Crippen LogP contribution in [0.5, 0.6) is 5.75 Å². The van der Waals surface area contributed by atoms with E-state index in [0.717, 1.165) is 37.3 Å². The molecular weight excluding hydrogens is 434 g/mol. The van der Waals surface area contributed by atoms with Crippen molar-refractivity contribution in [2.75, 3.05) is 0 Å². The van der Waals surface area contributed by atoms with E-state index in [0.29, 0.717) is 12.8 Å². The van der Waals surface area contributed by atoms with Crippen molar-refractivity contribution in [3.05, 3.63) is 40.8 Å². The minimum Gasteiger partial charge on any atom is -0.490 e. The molecule has 1 heterocycles. The molecule has 3 aliphatic rings. The van der Waals surface area contributed by atoms with E-state index in [1.54, 1.807) is 6.92 Å². The SMILES string of the molecule is CC.CC(=O)C1CCC(NC(=O)C2NSC=C2C2CCC(Oc3cc(F)cc(F)c3)C2)C1.[HH]. The van der Waals surface area contributed by atoms with Gasteiger partial charge in [0.05, 0.1) is 6.10 Å². The van der Waals surface area contributed by atoms with Crippen molar-refractivity contribution in [1.82, 2.24) is 10.0 Å². The number of hydrogen-bond donors (Lipinski definition) is 2. The first-order chi connectivity index (χ1) is 15.4. The molecule has 2 saturated carbocycles. The number of nitrogens with one attached hydrogen (secondary N) is 2. The summed E-state index contributed by atoms with van der Waals surface area (Å²) < 4.78 is 35.8. The molecule has 1 aromatic rings. The molecule has 0 aromatic heterocycles. The van der Waals surface area contributed by atoms with Gasteiger partial charge in [0.2, 0.25) is 5.91 Å². The fourth-order valence-corrected chi connectivity index (χ4v) is 5.66. The second-order valence-electron chi connectivity index (χ2n) is 8.47. The zero-order valence-corrected chi connectivity index (χ0v) is 19.6. The number of carbonyl (C=O) groups is 2. The number of ketones is 1. The molecule has 4 rings (SSSR count). The fraction of sp³-hybridized carbons (Fsp3) is 0.583. The van der Waals surface area contributed by atoms with E-state index >= 15 is 0 Å². The molecule has 1 aromatic carbocycles. The van der Waals surface area contributed by atoms with Crippen LogP contribution in [0.4, 0.5) is 8.78 Å². The minimum atomic E-state index is -0.658. The third kappa shape index (κ3) is 6.10. The first-order valence-electron chi connectivity index (χ1n) is 11.4. The van der Waals surface area contributed by atoms with Crippen LogP contribution in [0.2, 0.25) is 0 Å². The van der Waals surface area contributed by atoms with Crippen molar-refractivity contribution in [2.24, 2.45) is 11.8 Å². The highest BCUT2D eigenvalue weighted by molar-refractivity contribution is 8.00. The lowest BCUT2D eigenvalue weighted by atomic mass is 9.92. The van der Waals surface area contributed by atoms with Crippen LogP contribution in [-0.2, 0) is 9.59 Å². The van der Waals surface area contributed by atoms with Crippen molar-refractivity contribution < 1.29 is 24.5 Å². The molecule has 0 spiro atoms. The monoisotopic (exact) mass is 468 g/mol. The molecule has 2 N–H and O–H groups in total. The Morgan fingerprint density at radius 3 is 2.47 bits per heavy atom. The average Bonchev–Trinajstić information content (AvgIpc) is 3.49. The molecule has 0 radical (unpaired) electrons. The van der Waals surface area contributed by atoms with E-state index < -0.39 is 17.7 Å². The van der Waals surface area contributed by atoms with E-state index in [-0.39, 0.29) is 42.8 Å². The topological polar surface area (TPSA) is 67.4 Å². The second kappa shape index (κ2) is 11.3. The van der Waals surface area contributed by atoms with Gasteiger partial charge < -0.3 is 10.1 Å². The Morgan fingerprint density at radius 2 is 1.81 bits per heavy atom. The first kappa shape index (κ1) is 24.7. The van der Waals surface area contributed by atoms with E-state index in [1.807, 2.05) is 19.3 Å². The number of carbonyl (C=O) groups excluding carboxylic acids is 2. The minimum absolute atomic E-state index is 0. The molecule has 2 aliphatic carbocycles. The van der Waals surface area contributed by atoms with Crippen LogP contribution in [0.1, 0.15) is 60.7 Å². The molecule has 178 valence electrons. The predicted molar refractivity (Wildman–Crippen MR) is 124 cm³/mol. The van der Waals surface area contributed by atoms with E-state index in [1.165, 1.54) is 24.1 Å². The largest absolute Gasteiger partial charge is 0.490 e. The molecule has 5 unspecified atom stereocenters. The number of rotatable bonds is 6. The fourth-order valence-electron chi connectivity index (χ4n) is 4.75. The van der Waals surface area contributed by atoms with Crippen LogP contribution in [0.3, 0.4) is 0 Å². The van der Waals surface area contributed by atoms with Crippen LogP contribution in [0, 0.1) is 23.5 Å². The Balaban J connectivity index is 0.00000125. The maximum absolute atomic E-state index is 13.4. The van der Waals surface area contributed by atoms with Crippen molar-refractivity contribution in [2.45, 2.75) is 77.5 Å². The number of ether oxygens (including phenoxy) is 1. The molecule has 32 heavy (non-hydrogen) atoms. The van der Waals surface area contributed by atoms with Crippen LogP contribution in [0.15, 0.2) is 29.2 Å². The summed E-state index contributed by atoms with van der Waals surface area (Å²) in [6.45, 7) is 5.61. The highest BCUT2D eigenvalue weighted by Gasteiger charge is 2.38. The zero-order chi connectivity index (χ0) is 23.3. The van der Waals surface area contributed by atoms with Crippen LogP contribution in [0.25, 0.3) is 0 Å². The molecule has 5 atom stereocenters. The maximum atomic E-state index is 13.4. The van der Waals surface area contributed by atoms with Gasteiger partial charge in [-0.1, -0.05) is 25.8 Å². The van der Waals surface area contributed by atoms with Gasteiger partial charge in [-0.25, -0.2) is 13.5 Å². The summed E-state index contributed by atoms with van der Waals surface area (Å²) in [5, 5.41) is 5.09. The van der Waals surface area contributed by atoms with Gasteiger partial charge in [-0.05, 0) is 62.3 Å². The normalized spacial score (nSPS) is 29.2. The van der Waals surface area contributed by atoms with E-state index in [4.69, 9.17) is 4.74 Å². The van der Waals surface area contributed by atoms with Gasteiger partial charge in [0.1, 0.15) is 29.2 Å². The highest BCUT2D eigenvalue weighted by atomic mass is 32.2. The smallest absolute Gasteiger partial charge is 0.242 e. The first-order valence-corrected chi connectivity index (χ1v) is 12.3. The summed E-state index contributed by atoms with van der Waals surface area (Å²) in [5.74, 6) is -0.754. The second-order valence-corrected chi connectivity index (χ2v) is 9.17. The summed E-state index contributed by atoms with van der Waals surface area (Å²) in [4.78, 5) is 24.4. The van der Waals surface area contributed by atoms with Gasteiger partial charge in [-0.2, -0.15) is 0 Å². The lowest BCUT2D eigenvalue weighted by molar-refractivity contribution is -0.123. The van der Waals surface area contributed by atoms with Crippen molar-refractivity contribution in [1.29, 1.82) is 0 Å². The third-order valence-corrected chi connectivity index (χ3v) is 7.09. The highest BCUT2D eigenvalue weighted by Crippen LogP contribution is 2.39. The predicted octanol–water partition coefficient (Wildman–Crippen LogP) is 5.16. The number of amides is 1.